The zero-order valence-electron chi connectivity index (χ0n) is 12.7. The number of benzene rings is 2. The predicted octanol–water partition coefficient (Wildman–Crippen LogP) is 2.89. The molecule has 2 heterocycles. The Morgan fingerprint density at radius 3 is 2.52 bits per heavy atom. The van der Waals surface area contributed by atoms with Crippen molar-refractivity contribution >= 4 is 23.5 Å². The number of amides is 1. The van der Waals surface area contributed by atoms with E-state index in [2.05, 4.69) is 0 Å². The van der Waals surface area contributed by atoms with Crippen molar-refractivity contribution in [3.63, 3.8) is 0 Å². The molecule has 0 saturated carbocycles. The number of para-hydroxylation sites is 1. The number of ether oxygens (including phenoxy) is 1. The van der Waals surface area contributed by atoms with Gasteiger partial charge in [0, 0.05) is 12.6 Å². The minimum absolute atomic E-state index is 0.0475. The van der Waals surface area contributed by atoms with E-state index in [-0.39, 0.29) is 23.9 Å². The molecule has 1 amide bonds. The van der Waals surface area contributed by atoms with E-state index in [1.165, 1.54) is 0 Å². The van der Waals surface area contributed by atoms with Crippen LogP contribution in [0, 0.1) is 0 Å². The van der Waals surface area contributed by atoms with E-state index in [0.29, 0.717) is 0 Å². The molecule has 0 N–H and O–H groups in total. The highest BCUT2D eigenvalue weighted by Crippen LogP contribution is 2.49. The summed E-state index contributed by atoms with van der Waals surface area (Å²) in [5, 5.41) is 0. The number of fused-ring (bicyclic) bond motifs is 2. The topological polar surface area (TPSA) is 46.6 Å². The molecule has 114 valence electrons. The van der Waals surface area contributed by atoms with Gasteiger partial charge in [0.2, 0.25) is 11.4 Å². The number of rotatable bonds is 1. The smallest absolute Gasteiger partial charge is 0.276 e. The van der Waals surface area contributed by atoms with Gasteiger partial charge in [0.25, 0.3) is 5.91 Å². The summed E-state index contributed by atoms with van der Waals surface area (Å²) in [6.07, 6.45) is 1.75. The zero-order chi connectivity index (χ0) is 16.0. The van der Waals surface area contributed by atoms with Crippen LogP contribution in [0.5, 0.6) is 0 Å². The molecular formula is C19H15NO3. The number of hydrogen-bond donors (Lipinski definition) is 0. The van der Waals surface area contributed by atoms with Gasteiger partial charge < -0.3 is 9.64 Å². The Morgan fingerprint density at radius 2 is 1.74 bits per heavy atom. The van der Waals surface area contributed by atoms with E-state index in [9.17, 15) is 9.59 Å². The summed E-state index contributed by atoms with van der Waals surface area (Å²) in [5.41, 5.74) is 1.23. The molecule has 1 atom stereocenters. The van der Waals surface area contributed by atoms with Crippen LogP contribution in [0.1, 0.15) is 17.5 Å². The maximum absolute atomic E-state index is 12.8. The lowest BCUT2D eigenvalue weighted by molar-refractivity contribution is -0.135. The van der Waals surface area contributed by atoms with Gasteiger partial charge in [-0.15, -0.1) is 0 Å². The summed E-state index contributed by atoms with van der Waals surface area (Å²) in [4.78, 5) is 26.8. The van der Waals surface area contributed by atoms with E-state index >= 15 is 0 Å². The van der Waals surface area contributed by atoms with Crippen molar-refractivity contribution in [3.8, 4) is 0 Å². The standard InChI is InChI=1S/C19H15NO3/c1-20-15-10-6-5-9-14(15)19(18(20)22)12-16(21)17(23-19)11-13-7-3-2-4-8-13/h2-11H,12H2,1H3/b17-11+. The van der Waals surface area contributed by atoms with E-state index in [4.69, 9.17) is 4.74 Å². The maximum Gasteiger partial charge on any atom is 0.276 e. The SMILES string of the molecule is CN1C(=O)C2(CC(=O)/C(=C\c3ccccc3)O2)c2ccccc21. The lowest BCUT2D eigenvalue weighted by Crippen LogP contribution is -2.38. The summed E-state index contributed by atoms with van der Waals surface area (Å²) in [5.74, 6) is -0.0922. The fourth-order valence-electron chi connectivity index (χ4n) is 3.28. The molecule has 1 spiro atoms. The number of carbonyl (C=O) groups is 2. The van der Waals surface area contributed by atoms with Crippen LogP contribution in [0.2, 0.25) is 0 Å². The van der Waals surface area contributed by atoms with Gasteiger partial charge in [-0.25, -0.2) is 0 Å². The summed E-state index contributed by atoms with van der Waals surface area (Å²) >= 11 is 0. The second kappa shape index (κ2) is 4.81. The molecule has 2 aliphatic rings. The zero-order valence-corrected chi connectivity index (χ0v) is 12.7. The van der Waals surface area contributed by atoms with Gasteiger partial charge in [0.15, 0.2) is 5.76 Å². The fraction of sp³-hybridized carbons (Fsp3) is 0.158. The van der Waals surface area contributed by atoms with Gasteiger partial charge >= 0.3 is 0 Å². The first-order chi connectivity index (χ1) is 11.1. The van der Waals surface area contributed by atoms with E-state index in [0.717, 1.165) is 16.8 Å². The Morgan fingerprint density at radius 1 is 1.04 bits per heavy atom. The van der Waals surface area contributed by atoms with E-state index < -0.39 is 5.60 Å². The normalized spacial score (nSPS) is 24.4. The third-order valence-corrected chi connectivity index (χ3v) is 4.42. The van der Waals surface area contributed by atoms with Crippen LogP contribution < -0.4 is 4.90 Å². The predicted molar refractivity (Wildman–Crippen MR) is 86.7 cm³/mol. The Balaban J connectivity index is 1.79. The highest BCUT2D eigenvalue weighted by atomic mass is 16.5. The molecule has 2 aliphatic heterocycles. The molecule has 2 aromatic rings. The number of nitrogens with zero attached hydrogens (tertiary/aromatic N) is 1. The average molecular weight is 305 g/mol. The molecule has 0 bridgehead atoms. The van der Waals surface area contributed by atoms with Crippen molar-refractivity contribution in [2.45, 2.75) is 12.0 Å². The quantitative estimate of drug-likeness (QED) is 0.761. The lowest BCUT2D eigenvalue weighted by atomic mass is 9.92. The van der Waals surface area contributed by atoms with Gasteiger partial charge in [0.1, 0.15) is 0 Å². The number of hydrogen-bond acceptors (Lipinski definition) is 3. The van der Waals surface area contributed by atoms with Crippen LogP contribution in [-0.4, -0.2) is 18.7 Å². The van der Waals surface area contributed by atoms with Crippen LogP contribution in [0.4, 0.5) is 5.69 Å². The molecule has 1 unspecified atom stereocenters. The Labute approximate surface area is 134 Å². The summed E-state index contributed by atoms with van der Waals surface area (Å²) in [7, 11) is 1.71. The molecule has 1 saturated heterocycles. The number of anilines is 1. The highest BCUT2D eigenvalue weighted by molar-refractivity contribution is 6.13. The summed E-state index contributed by atoms with van der Waals surface area (Å²) in [6, 6.07) is 16.9. The van der Waals surface area contributed by atoms with Crippen LogP contribution >= 0.6 is 0 Å². The van der Waals surface area contributed by atoms with Crippen LogP contribution in [-0.2, 0) is 19.9 Å². The molecule has 1 fully saturated rings. The first-order valence-electron chi connectivity index (χ1n) is 7.48. The van der Waals surface area contributed by atoms with Gasteiger partial charge in [-0.1, -0.05) is 48.5 Å². The molecular weight excluding hydrogens is 290 g/mol. The molecule has 0 aliphatic carbocycles. The van der Waals surface area contributed by atoms with Crippen LogP contribution in [0.3, 0.4) is 0 Å². The molecule has 4 nitrogen and oxygen atoms in total. The van der Waals surface area contributed by atoms with Crippen molar-refractivity contribution in [2.24, 2.45) is 0 Å². The first-order valence-corrected chi connectivity index (χ1v) is 7.48. The highest BCUT2D eigenvalue weighted by Gasteiger charge is 2.57. The summed E-state index contributed by atoms with van der Waals surface area (Å²) < 4.78 is 5.96. The van der Waals surface area contributed by atoms with Gasteiger partial charge in [-0.05, 0) is 17.7 Å². The van der Waals surface area contributed by atoms with Gasteiger partial charge in [-0.3, -0.25) is 9.59 Å². The van der Waals surface area contributed by atoms with Crippen molar-refractivity contribution in [3.05, 3.63) is 71.5 Å². The first kappa shape index (κ1) is 13.8. The van der Waals surface area contributed by atoms with E-state index in [1.54, 1.807) is 18.0 Å². The molecule has 0 aromatic heterocycles. The molecule has 2 aromatic carbocycles. The number of ketones is 1. The number of allylic oxidation sites excluding steroid dienone is 1. The molecule has 0 radical (unpaired) electrons. The summed E-state index contributed by atoms with van der Waals surface area (Å²) in [6.45, 7) is 0. The molecule has 4 rings (SSSR count). The van der Waals surface area contributed by atoms with Crippen molar-refractivity contribution in [1.29, 1.82) is 0 Å². The lowest BCUT2D eigenvalue weighted by Gasteiger charge is -2.21. The van der Waals surface area contributed by atoms with Crippen molar-refractivity contribution < 1.29 is 14.3 Å². The molecule has 23 heavy (non-hydrogen) atoms. The number of Topliss-reactive ketones (excluding diaryl/α,β-unsaturated/α-hetero) is 1. The van der Waals surface area contributed by atoms with Crippen molar-refractivity contribution in [2.75, 3.05) is 11.9 Å². The van der Waals surface area contributed by atoms with Crippen LogP contribution in [0.25, 0.3) is 6.08 Å². The fourth-order valence-corrected chi connectivity index (χ4v) is 3.28. The Hall–Kier alpha value is -2.88. The minimum Gasteiger partial charge on any atom is -0.468 e. The van der Waals surface area contributed by atoms with Crippen LogP contribution in [0.15, 0.2) is 60.4 Å². The molecule has 4 heteroatoms. The van der Waals surface area contributed by atoms with Gasteiger partial charge in [0.05, 0.1) is 12.1 Å². The second-order valence-corrected chi connectivity index (χ2v) is 5.83. The van der Waals surface area contributed by atoms with E-state index in [1.807, 2.05) is 54.6 Å². The monoisotopic (exact) mass is 305 g/mol. The Bertz CT molecular complexity index is 841. The number of likely N-dealkylation sites (N-methyl/N-ethyl adjacent to an activating group) is 1. The van der Waals surface area contributed by atoms with Crippen molar-refractivity contribution in [1.82, 2.24) is 0 Å². The third kappa shape index (κ3) is 1.91. The average Bonchev–Trinajstić information content (AvgIpc) is 3.01. The third-order valence-electron chi connectivity index (χ3n) is 4.42. The van der Waals surface area contributed by atoms with Gasteiger partial charge in [-0.2, -0.15) is 0 Å². The minimum atomic E-state index is -1.21. The maximum atomic E-state index is 12.8. The largest absolute Gasteiger partial charge is 0.468 e. The Kier molecular flexibility index (Phi) is 2.88. The number of carbonyl (C=O) groups excluding carboxylic acids is 2. The second-order valence-electron chi connectivity index (χ2n) is 5.83.